The number of anilines is 1. The van der Waals surface area contributed by atoms with Crippen molar-refractivity contribution in [2.75, 3.05) is 25.5 Å². The summed E-state index contributed by atoms with van der Waals surface area (Å²) in [6, 6.07) is 7.73. The Kier molecular flexibility index (Phi) is 3.18. The second kappa shape index (κ2) is 5.00. The number of H-pyrrole nitrogens is 1. The third-order valence-electron chi connectivity index (χ3n) is 3.67. The molecular formula is C15H18N4O. The van der Waals surface area contributed by atoms with Gasteiger partial charge in [-0.15, -0.1) is 0 Å². The Morgan fingerprint density at radius 2 is 2.25 bits per heavy atom. The maximum atomic E-state index is 12.6. The highest BCUT2D eigenvalue weighted by molar-refractivity contribution is 5.95. The molecule has 2 heterocycles. The molecule has 5 nitrogen and oxygen atoms in total. The Hall–Kier alpha value is -2.30. The van der Waals surface area contributed by atoms with E-state index in [1.54, 1.807) is 6.33 Å². The van der Waals surface area contributed by atoms with Gasteiger partial charge in [0.1, 0.15) is 0 Å². The number of rotatable bonds is 2. The number of nitrogens with one attached hydrogen (secondary N) is 1. The van der Waals surface area contributed by atoms with Gasteiger partial charge in [0, 0.05) is 38.3 Å². The summed E-state index contributed by atoms with van der Waals surface area (Å²) in [5.41, 5.74) is 3.90. The second-order valence-corrected chi connectivity index (χ2v) is 5.25. The zero-order valence-electron chi connectivity index (χ0n) is 11.8. The molecule has 1 N–H and O–H groups in total. The zero-order valence-corrected chi connectivity index (χ0v) is 11.8. The van der Waals surface area contributed by atoms with Crippen molar-refractivity contribution in [1.29, 1.82) is 0 Å². The van der Waals surface area contributed by atoms with Crippen LogP contribution in [0.1, 0.15) is 21.7 Å². The number of imidazole rings is 1. The Bertz CT molecular complexity index is 632. The van der Waals surface area contributed by atoms with Crippen LogP contribution in [0.4, 0.5) is 5.69 Å². The Morgan fingerprint density at radius 3 is 3.05 bits per heavy atom. The number of fused-ring (bicyclic) bond motifs is 1. The Labute approximate surface area is 118 Å². The Morgan fingerprint density at radius 1 is 1.40 bits per heavy atom. The molecule has 0 fully saturated rings. The van der Waals surface area contributed by atoms with Crippen LogP contribution in [0.5, 0.6) is 0 Å². The summed E-state index contributed by atoms with van der Waals surface area (Å²) in [5, 5.41) is 0. The van der Waals surface area contributed by atoms with Gasteiger partial charge >= 0.3 is 0 Å². The van der Waals surface area contributed by atoms with Gasteiger partial charge in [-0.2, -0.15) is 0 Å². The monoisotopic (exact) mass is 270 g/mol. The highest BCUT2D eigenvalue weighted by Crippen LogP contribution is 2.19. The predicted octanol–water partition coefficient (Wildman–Crippen LogP) is 1.67. The number of aromatic amines is 1. The summed E-state index contributed by atoms with van der Waals surface area (Å²) in [4.78, 5) is 23.8. The first-order valence-electron chi connectivity index (χ1n) is 6.73. The molecule has 1 aromatic heterocycles. The number of amides is 1. The van der Waals surface area contributed by atoms with Crippen molar-refractivity contribution in [1.82, 2.24) is 14.9 Å². The van der Waals surface area contributed by atoms with Crippen LogP contribution >= 0.6 is 0 Å². The summed E-state index contributed by atoms with van der Waals surface area (Å²) in [6.07, 6.45) is 2.52. The molecule has 0 spiro atoms. The normalized spacial score (nSPS) is 14.0. The van der Waals surface area contributed by atoms with Crippen molar-refractivity contribution >= 4 is 11.6 Å². The van der Waals surface area contributed by atoms with Crippen LogP contribution in [-0.4, -0.2) is 41.4 Å². The lowest BCUT2D eigenvalue weighted by atomic mass is 10.1. The predicted molar refractivity (Wildman–Crippen MR) is 77.8 cm³/mol. The van der Waals surface area contributed by atoms with E-state index in [1.807, 2.05) is 48.2 Å². The molecule has 0 saturated heterocycles. The van der Waals surface area contributed by atoms with E-state index in [0.29, 0.717) is 6.54 Å². The van der Waals surface area contributed by atoms with Crippen LogP contribution in [0, 0.1) is 0 Å². The molecule has 0 unspecified atom stereocenters. The molecule has 3 rings (SSSR count). The average molecular weight is 270 g/mol. The van der Waals surface area contributed by atoms with Crippen LogP contribution in [0.15, 0.2) is 30.6 Å². The fourth-order valence-corrected chi connectivity index (χ4v) is 2.49. The van der Waals surface area contributed by atoms with Gasteiger partial charge in [0.15, 0.2) is 0 Å². The maximum Gasteiger partial charge on any atom is 0.254 e. The molecule has 1 aliphatic rings. The molecule has 2 aromatic rings. The largest absolute Gasteiger partial charge is 0.378 e. The smallest absolute Gasteiger partial charge is 0.254 e. The zero-order chi connectivity index (χ0) is 14.1. The van der Waals surface area contributed by atoms with Gasteiger partial charge in [-0.3, -0.25) is 4.79 Å². The van der Waals surface area contributed by atoms with Gasteiger partial charge in [-0.25, -0.2) is 4.98 Å². The quantitative estimate of drug-likeness (QED) is 0.903. The molecule has 0 saturated carbocycles. The number of carbonyl (C=O) groups is 1. The average Bonchev–Trinajstić information content (AvgIpc) is 2.94. The van der Waals surface area contributed by atoms with Crippen molar-refractivity contribution in [3.63, 3.8) is 0 Å². The van der Waals surface area contributed by atoms with E-state index in [-0.39, 0.29) is 5.91 Å². The topological polar surface area (TPSA) is 52.2 Å². The lowest BCUT2D eigenvalue weighted by molar-refractivity contribution is 0.0732. The molecule has 5 heteroatoms. The van der Waals surface area contributed by atoms with Crippen molar-refractivity contribution in [3.05, 3.63) is 47.5 Å². The van der Waals surface area contributed by atoms with Crippen molar-refractivity contribution in [2.45, 2.75) is 13.0 Å². The summed E-state index contributed by atoms with van der Waals surface area (Å²) >= 11 is 0. The van der Waals surface area contributed by atoms with Crippen LogP contribution in [0.25, 0.3) is 0 Å². The molecule has 1 aromatic carbocycles. The van der Waals surface area contributed by atoms with Crippen molar-refractivity contribution < 1.29 is 4.79 Å². The van der Waals surface area contributed by atoms with E-state index in [1.165, 1.54) is 0 Å². The molecule has 0 radical (unpaired) electrons. The fraction of sp³-hybridized carbons (Fsp3) is 0.333. The lowest BCUT2D eigenvalue weighted by Gasteiger charge is -2.26. The van der Waals surface area contributed by atoms with Gasteiger partial charge in [-0.05, 0) is 18.2 Å². The van der Waals surface area contributed by atoms with Gasteiger partial charge in [0.2, 0.25) is 0 Å². The number of hydrogen-bond donors (Lipinski definition) is 1. The fourth-order valence-electron chi connectivity index (χ4n) is 2.49. The third-order valence-corrected chi connectivity index (χ3v) is 3.67. The van der Waals surface area contributed by atoms with Crippen LogP contribution < -0.4 is 4.90 Å². The second-order valence-electron chi connectivity index (χ2n) is 5.25. The molecule has 0 aliphatic carbocycles. The number of benzene rings is 1. The van der Waals surface area contributed by atoms with Crippen LogP contribution in [0.3, 0.4) is 0 Å². The van der Waals surface area contributed by atoms with Crippen LogP contribution in [-0.2, 0) is 13.0 Å². The number of hydrogen-bond acceptors (Lipinski definition) is 3. The summed E-state index contributed by atoms with van der Waals surface area (Å²) in [6.45, 7) is 1.34. The first-order valence-corrected chi connectivity index (χ1v) is 6.73. The minimum atomic E-state index is 0.0777. The molecule has 0 bridgehead atoms. The first-order chi connectivity index (χ1) is 9.65. The number of nitrogens with zero attached hydrogens (tertiary/aromatic N) is 3. The van der Waals surface area contributed by atoms with E-state index in [0.717, 1.165) is 35.6 Å². The molecular weight excluding hydrogens is 252 g/mol. The molecule has 104 valence electrons. The third kappa shape index (κ3) is 2.27. The minimum absolute atomic E-state index is 0.0777. The maximum absolute atomic E-state index is 12.6. The molecule has 20 heavy (non-hydrogen) atoms. The number of aromatic nitrogens is 2. The summed E-state index contributed by atoms with van der Waals surface area (Å²) in [5.74, 6) is 0.0777. The van der Waals surface area contributed by atoms with Gasteiger partial charge in [-0.1, -0.05) is 6.07 Å². The summed E-state index contributed by atoms with van der Waals surface area (Å²) < 4.78 is 0. The van der Waals surface area contributed by atoms with Crippen molar-refractivity contribution in [3.8, 4) is 0 Å². The molecule has 1 amide bonds. The Balaban J connectivity index is 1.81. The molecule has 0 atom stereocenters. The van der Waals surface area contributed by atoms with E-state index < -0.39 is 0 Å². The highest BCUT2D eigenvalue weighted by Gasteiger charge is 2.23. The van der Waals surface area contributed by atoms with E-state index in [4.69, 9.17) is 0 Å². The SMILES string of the molecule is CN(C)c1cccc(C(=O)N2CCc3nc[nH]c3C2)c1. The van der Waals surface area contributed by atoms with Gasteiger partial charge in [0.05, 0.1) is 24.3 Å². The van der Waals surface area contributed by atoms with E-state index >= 15 is 0 Å². The highest BCUT2D eigenvalue weighted by atomic mass is 16.2. The summed E-state index contributed by atoms with van der Waals surface area (Å²) in [7, 11) is 3.95. The minimum Gasteiger partial charge on any atom is -0.378 e. The van der Waals surface area contributed by atoms with Gasteiger partial charge in [0.25, 0.3) is 5.91 Å². The van der Waals surface area contributed by atoms with Crippen molar-refractivity contribution in [2.24, 2.45) is 0 Å². The molecule has 1 aliphatic heterocycles. The van der Waals surface area contributed by atoms with Crippen LogP contribution in [0.2, 0.25) is 0 Å². The lowest BCUT2D eigenvalue weighted by Crippen LogP contribution is -2.36. The number of carbonyl (C=O) groups excluding carboxylic acids is 1. The van der Waals surface area contributed by atoms with E-state index in [9.17, 15) is 4.79 Å². The van der Waals surface area contributed by atoms with Gasteiger partial charge < -0.3 is 14.8 Å². The van der Waals surface area contributed by atoms with E-state index in [2.05, 4.69) is 9.97 Å². The first kappa shape index (κ1) is 12.7. The standard InChI is InChI=1S/C15H18N4O/c1-18(2)12-5-3-4-11(8-12)15(20)19-7-6-13-14(9-19)17-10-16-13/h3-5,8,10H,6-7,9H2,1-2H3,(H,16,17).